The van der Waals surface area contributed by atoms with Gasteiger partial charge in [-0.3, -0.25) is 4.79 Å². The summed E-state index contributed by atoms with van der Waals surface area (Å²) in [5.41, 5.74) is 7.83. The molecular weight excluding hydrogens is 338 g/mol. The van der Waals surface area contributed by atoms with Crippen LogP contribution in [0.3, 0.4) is 0 Å². The Morgan fingerprint density at radius 1 is 1.19 bits per heavy atom. The second kappa shape index (κ2) is 7.32. The first kappa shape index (κ1) is 17.4. The van der Waals surface area contributed by atoms with E-state index in [0.29, 0.717) is 22.9 Å². The van der Waals surface area contributed by atoms with Crippen molar-refractivity contribution in [3.63, 3.8) is 0 Å². The molecule has 27 heavy (non-hydrogen) atoms. The lowest BCUT2D eigenvalue weighted by Crippen LogP contribution is -2.45. The zero-order valence-electron chi connectivity index (χ0n) is 15.3. The van der Waals surface area contributed by atoms with Gasteiger partial charge in [-0.05, 0) is 31.6 Å². The highest BCUT2D eigenvalue weighted by Gasteiger charge is 2.29. The van der Waals surface area contributed by atoms with E-state index in [-0.39, 0.29) is 6.04 Å². The summed E-state index contributed by atoms with van der Waals surface area (Å²) in [4.78, 5) is 23.1. The van der Waals surface area contributed by atoms with Crippen molar-refractivity contribution >= 4 is 22.8 Å². The number of benzene rings is 2. The van der Waals surface area contributed by atoms with Crippen LogP contribution in [0.1, 0.15) is 28.3 Å². The van der Waals surface area contributed by atoms with Crippen molar-refractivity contribution in [1.29, 1.82) is 0 Å². The number of para-hydroxylation sites is 1. The van der Waals surface area contributed by atoms with Crippen molar-refractivity contribution in [2.24, 2.45) is 5.73 Å². The molecule has 1 saturated heterocycles. The Kier molecular flexibility index (Phi) is 4.73. The van der Waals surface area contributed by atoms with E-state index in [4.69, 9.17) is 5.73 Å². The average molecular weight is 361 g/mol. The highest BCUT2D eigenvalue weighted by atomic mass is 16.1. The molecule has 1 aromatic heterocycles. The molecule has 0 radical (unpaired) electrons. The van der Waals surface area contributed by atoms with Crippen LogP contribution in [0.15, 0.2) is 54.7 Å². The van der Waals surface area contributed by atoms with Gasteiger partial charge in [0, 0.05) is 30.1 Å². The van der Waals surface area contributed by atoms with Crippen LogP contribution in [-0.4, -0.2) is 47.0 Å². The summed E-state index contributed by atoms with van der Waals surface area (Å²) in [6, 6.07) is 16.1. The molecule has 6 heteroatoms. The maximum Gasteiger partial charge on any atom is 0.250 e. The first-order chi connectivity index (χ1) is 13.1. The fourth-order valence-corrected chi connectivity index (χ4v) is 3.85. The Labute approximate surface area is 158 Å². The summed E-state index contributed by atoms with van der Waals surface area (Å²) >= 11 is 0. The molecule has 4 rings (SSSR count). The number of piperidine rings is 1. The molecule has 3 N–H and O–H groups in total. The van der Waals surface area contributed by atoms with Gasteiger partial charge in [-0.1, -0.05) is 42.5 Å². The third kappa shape index (κ3) is 3.61. The Balaban J connectivity index is 1.66. The van der Waals surface area contributed by atoms with E-state index in [1.165, 1.54) is 5.56 Å². The van der Waals surface area contributed by atoms with Gasteiger partial charge >= 0.3 is 0 Å². The molecule has 0 spiro atoms. The standard InChI is InChI=1S/C21H23N5O/c1-26-11-10-16(14-6-3-2-4-7-14)18(13-26)24-21-23-12-15-8-5-9-17(20(22)27)19(15)25-21/h2-9,12,16,18H,10-11,13H2,1H3,(H2,22,27)(H,23,24,25). The molecule has 6 nitrogen and oxygen atoms in total. The number of hydrogen-bond acceptors (Lipinski definition) is 5. The maximum absolute atomic E-state index is 11.7. The van der Waals surface area contributed by atoms with E-state index in [0.717, 1.165) is 24.9 Å². The second-order valence-corrected chi connectivity index (χ2v) is 7.12. The average Bonchev–Trinajstić information content (AvgIpc) is 2.68. The second-order valence-electron chi connectivity index (χ2n) is 7.12. The third-order valence-electron chi connectivity index (χ3n) is 5.23. The summed E-state index contributed by atoms with van der Waals surface area (Å²) < 4.78 is 0. The van der Waals surface area contributed by atoms with Crippen LogP contribution >= 0.6 is 0 Å². The number of nitrogens with two attached hydrogens (primary N) is 1. The number of aromatic nitrogens is 2. The molecule has 2 heterocycles. The van der Waals surface area contributed by atoms with Crippen LogP contribution in [0.4, 0.5) is 5.95 Å². The quantitative estimate of drug-likeness (QED) is 0.746. The number of likely N-dealkylation sites (N-methyl/N-ethyl adjacent to an activating group) is 1. The summed E-state index contributed by atoms with van der Waals surface area (Å²) in [5.74, 6) is 0.426. The number of rotatable bonds is 4. The molecule has 1 amide bonds. The molecular formula is C21H23N5O. The molecule has 2 aromatic carbocycles. The van der Waals surface area contributed by atoms with Gasteiger partial charge < -0.3 is 16.0 Å². The van der Waals surface area contributed by atoms with Crippen LogP contribution < -0.4 is 11.1 Å². The molecule has 3 aromatic rings. The summed E-state index contributed by atoms with van der Waals surface area (Å²) in [7, 11) is 2.13. The topological polar surface area (TPSA) is 84.1 Å². The van der Waals surface area contributed by atoms with Crippen LogP contribution in [-0.2, 0) is 0 Å². The number of likely N-dealkylation sites (tertiary alicyclic amines) is 1. The van der Waals surface area contributed by atoms with Crippen LogP contribution in [0.2, 0.25) is 0 Å². The third-order valence-corrected chi connectivity index (χ3v) is 5.23. The van der Waals surface area contributed by atoms with E-state index in [9.17, 15) is 4.79 Å². The first-order valence-electron chi connectivity index (χ1n) is 9.17. The number of fused-ring (bicyclic) bond motifs is 1. The van der Waals surface area contributed by atoms with E-state index in [2.05, 4.69) is 51.5 Å². The monoisotopic (exact) mass is 361 g/mol. The van der Waals surface area contributed by atoms with Crippen molar-refractivity contribution in [2.45, 2.75) is 18.4 Å². The van der Waals surface area contributed by atoms with E-state index >= 15 is 0 Å². The highest BCUT2D eigenvalue weighted by Crippen LogP contribution is 2.30. The number of carbonyl (C=O) groups is 1. The molecule has 2 atom stereocenters. The fourth-order valence-electron chi connectivity index (χ4n) is 3.85. The molecule has 1 aliphatic heterocycles. The molecule has 0 saturated carbocycles. The molecule has 0 bridgehead atoms. The number of hydrogen-bond donors (Lipinski definition) is 2. The first-order valence-corrected chi connectivity index (χ1v) is 9.17. The molecule has 1 aliphatic rings. The molecule has 0 aliphatic carbocycles. The van der Waals surface area contributed by atoms with Crippen molar-refractivity contribution < 1.29 is 4.79 Å². The van der Waals surface area contributed by atoms with E-state index < -0.39 is 5.91 Å². The van der Waals surface area contributed by atoms with Crippen molar-refractivity contribution in [2.75, 3.05) is 25.5 Å². The van der Waals surface area contributed by atoms with E-state index in [1.54, 1.807) is 18.3 Å². The number of carbonyl (C=O) groups excluding carboxylic acids is 1. The summed E-state index contributed by atoms with van der Waals surface area (Å²) in [6.45, 7) is 1.96. The normalized spacial score (nSPS) is 20.5. The minimum atomic E-state index is -0.482. The zero-order chi connectivity index (χ0) is 18.8. The molecule has 138 valence electrons. The fraction of sp³-hybridized carbons (Fsp3) is 0.286. The van der Waals surface area contributed by atoms with Crippen molar-refractivity contribution in [3.05, 3.63) is 65.9 Å². The van der Waals surface area contributed by atoms with Gasteiger partial charge in [-0.15, -0.1) is 0 Å². The lowest BCUT2D eigenvalue weighted by Gasteiger charge is -2.37. The number of amides is 1. The predicted octanol–water partition coefficient (Wildman–Crippen LogP) is 2.63. The number of nitrogens with zero attached hydrogens (tertiary/aromatic N) is 3. The van der Waals surface area contributed by atoms with Gasteiger partial charge in [-0.25, -0.2) is 9.97 Å². The number of nitrogens with one attached hydrogen (secondary N) is 1. The van der Waals surface area contributed by atoms with Gasteiger partial charge in [0.2, 0.25) is 5.95 Å². The Morgan fingerprint density at radius 2 is 2.00 bits per heavy atom. The van der Waals surface area contributed by atoms with Crippen LogP contribution in [0.25, 0.3) is 10.9 Å². The number of primary amides is 1. The minimum absolute atomic E-state index is 0.185. The van der Waals surface area contributed by atoms with Gasteiger partial charge in [0.1, 0.15) is 0 Å². The van der Waals surface area contributed by atoms with Crippen LogP contribution in [0.5, 0.6) is 0 Å². The Hall–Kier alpha value is -2.99. The number of anilines is 1. The Bertz CT molecular complexity index is 959. The van der Waals surface area contributed by atoms with Crippen LogP contribution in [0, 0.1) is 0 Å². The van der Waals surface area contributed by atoms with Gasteiger partial charge in [0.25, 0.3) is 5.91 Å². The highest BCUT2D eigenvalue weighted by molar-refractivity contribution is 6.04. The van der Waals surface area contributed by atoms with Gasteiger partial charge in [0.15, 0.2) is 0 Å². The smallest absolute Gasteiger partial charge is 0.250 e. The largest absolute Gasteiger partial charge is 0.366 e. The Morgan fingerprint density at radius 3 is 2.78 bits per heavy atom. The lowest BCUT2D eigenvalue weighted by atomic mass is 9.85. The predicted molar refractivity (Wildman–Crippen MR) is 107 cm³/mol. The zero-order valence-corrected chi connectivity index (χ0v) is 15.3. The SMILES string of the molecule is CN1CCC(c2ccccc2)C(Nc2ncc3cccc(C(N)=O)c3n2)C1. The van der Waals surface area contributed by atoms with Crippen molar-refractivity contribution in [3.8, 4) is 0 Å². The van der Waals surface area contributed by atoms with Gasteiger partial charge in [-0.2, -0.15) is 0 Å². The summed E-state index contributed by atoms with van der Waals surface area (Å²) in [6.07, 6.45) is 2.81. The molecule has 1 fully saturated rings. The van der Waals surface area contributed by atoms with E-state index in [1.807, 2.05) is 12.1 Å². The lowest BCUT2D eigenvalue weighted by molar-refractivity contribution is 0.100. The maximum atomic E-state index is 11.7. The minimum Gasteiger partial charge on any atom is -0.366 e. The molecule has 2 unspecified atom stereocenters. The van der Waals surface area contributed by atoms with Crippen molar-refractivity contribution in [1.82, 2.24) is 14.9 Å². The summed E-state index contributed by atoms with van der Waals surface area (Å²) in [5, 5.41) is 4.31. The van der Waals surface area contributed by atoms with Gasteiger partial charge in [0.05, 0.1) is 11.1 Å².